The van der Waals surface area contributed by atoms with Crippen LogP contribution in [0.3, 0.4) is 0 Å². The Morgan fingerprint density at radius 1 is 1.21 bits per heavy atom. The van der Waals surface area contributed by atoms with E-state index in [9.17, 15) is 9.59 Å². The fourth-order valence-electron chi connectivity index (χ4n) is 1.86. The molecule has 0 radical (unpaired) electrons. The van der Waals surface area contributed by atoms with Gasteiger partial charge in [0.25, 0.3) is 11.5 Å². The Labute approximate surface area is 117 Å². The molecule has 0 aliphatic heterocycles. The van der Waals surface area contributed by atoms with Crippen molar-refractivity contribution in [3.63, 3.8) is 0 Å². The molecule has 4 nitrogen and oxygen atoms in total. The Hall–Kier alpha value is -2.05. The number of aromatic nitrogens is 2. The number of carbonyl (C=O) groups excluding carboxylic acids is 1. The minimum absolute atomic E-state index is 0.113. The third-order valence-corrected chi connectivity index (χ3v) is 3.88. The van der Waals surface area contributed by atoms with Gasteiger partial charge in [-0.15, -0.1) is 11.3 Å². The van der Waals surface area contributed by atoms with Gasteiger partial charge in [0.2, 0.25) is 0 Å². The number of H-pyrrole nitrogens is 1. The van der Waals surface area contributed by atoms with Crippen molar-refractivity contribution in [2.75, 3.05) is 0 Å². The van der Waals surface area contributed by atoms with E-state index in [2.05, 4.69) is 4.98 Å². The lowest BCUT2D eigenvalue weighted by atomic mass is 10.2. The SMILES string of the molecule is O=C(c1cccs1)n1c(=S)[nH]c2ccccc2c1=O. The van der Waals surface area contributed by atoms with E-state index < -0.39 is 11.5 Å². The van der Waals surface area contributed by atoms with Gasteiger partial charge in [0.1, 0.15) is 0 Å². The lowest BCUT2D eigenvalue weighted by molar-refractivity contribution is 0.0957. The van der Waals surface area contributed by atoms with E-state index in [-0.39, 0.29) is 4.77 Å². The smallest absolute Gasteiger partial charge is 0.277 e. The Bertz CT molecular complexity index is 876. The van der Waals surface area contributed by atoms with E-state index in [0.717, 1.165) is 4.57 Å². The highest BCUT2D eigenvalue weighted by Gasteiger charge is 2.14. The molecule has 0 spiro atoms. The molecule has 0 aliphatic rings. The number of benzene rings is 1. The van der Waals surface area contributed by atoms with Crippen LogP contribution in [-0.4, -0.2) is 15.5 Å². The zero-order valence-electron chi connectivity index (χ0n) is 9.62. The zero-order chi connectivity index (χ0) is 13.4. The average Bonchev–Trinajstić information content (AvgIpc) is 2.92. The maximum Gasteiger partial charge on any atom is 0.277 e. The number of nitrogens with zero attached hydrogens (tertiary/aromatic N) is 1. The van der Waals surface area contributed by atoms with E-state index in [4.69, 9.17) is 12.2 Å². The maximum absolute atomic E-state index is 12.3. The first-order chi connectivity index (χ1) is 9.18. The van der Waals surface area contributed by atoms with Gasteiger partial charge in [-0.2, -0.15) is 0 Å². The highest BCUT2D eigenvalue weighted by atomic mass is 32.1. The monoisotopic (exact) mass is 288 g/mol. The standard InChI is InChI=1S/C13H8N2O2S2/c16-11-8-4-1-2-5-9(8)14-13(18)15(11)12(17)10-6-3-7-19-10/h1-7H,(H,14,18). The first kappa shape index (κ1) is 12.0. The fourth-order valence-corrected chi connectivity index (χ4v) is 2.79. The summed E-state index contributed by atoms with van der Waals surface area (Å²) in [6.45, 7) is 0. The molecule has 0 fully saturated rings. The van der Waals surface area contributed by atoms with Crippen molar-refractivity contribution in [2.45, 2.75) is 0 Å². The number of fused-ring (bicyclic) bond motifs is 1. The topological polar surface area (TPSA) is 54.9 Å². The van der Waals surface area contributed by atoms with Crippen LogP contribution in [0.15, 0.2) is 46.6 Å². The van der Waals surface area contributed by atoms with Crippen LogP contribution in [0.25, 0.3) is 10.9 Å². The Balaban J connectivity index is 2.34. The number of thiophene rings is 1. The molecular weight excluding hydrogens is 280 g/mol. The van der Waals surface area contributed by atoms with Crippen LogP contribution < -0.4 is 5.56 Å². The minimum Gasteiger partial charge on any atom is -0.331 e. The Kier molecular flexibility index (Phi) is 2.88. The van der Waals surface area contributed by atoms with Crippen LogP contribution in [0.1, 0.15) is 9.67 Å². The molecule has 0 amide bonds. The number of nitrogens with one attached hydrogen (secondary N) is 1. The fraction of sp³-hybridized carbons (Fsp3) is 0. The van der Waals surface area contributed by atoms with Crippen molar-refractivity contribution < 1.29 is 4.79 Å². The molecule has 0 bridgehead atoms. The molecule has 1 N–H and O–H groups in total. The van der Waals surface area contributed by atoms with Gasteiger partial charge in [0.15, 0.2) is 4.77 Å². The van der Waals surface area contributed by atoms with Gasteiger partial charge in [-0.3, -0.25) is 9.59 Å². The van der Waals surface area contributed by atoms with Crippen molar-refractivity contribution >= 4 is 40.4 Å². The number of rotatable bonds is 1. The third kappa shape index (κ3) is 1.94. The molecule has 0 saturated carbocycles. The van der Waals surface area contributed by atoms with Crippen molar-refractivity contribution in [1.82, 2.24) is 9.55 Å². The molecule has 1 aromatic carbocycles. The normalized spacial score (nSPS) is 10.7. The van der Waals surface area contributed by atoms with Gasteiger partial charge in [-0.25, -0.2) is 4.57 Å². The predicted octanol–water partition coefficient (Wildman–Crippen LogP) is 2.81. The summed E-state index contributed by atoms with van der Waals surface area (Å²) in [7, 11) is 0. The summed E-state index contributed by atoms with van der Waals surface area (Å²) in [5.41, 5.74) is 0.241. The van der Waals surface area contributed by atoms with E-state index in [1.54, 1.807) is 41.8 Å². The maximum atomic E-state index is 12.3. The van der Waals surface area contributed by atoms with Crippen LogP contribution in [0.5, 0.6) is 0 Å². The largest absolute Gasteiger partial charge is 0.331 e. The number of carbonyl (C=O) groups is 1. The molecule has 3 rings (SSSR count). The molecule has 2 aromatic heterocycles. The first-order valence-corrected chi connectivity index (χ1v) is 6.79. The summed E-state index contributed by atoms with van der Waals surface area (Å²) < 4.78 is 1.12. The number of hydrogen-bond acceptors (Lipinski definition) is 4. The molecule has 3 aromatic rings. The number of aromatic amines is 1. The zero-order valence-corrected chi connectivity index (χ0v) is 11.3. The summed E-state index contributed by atoms with van der Waals surface area (Å²) in [6, 6.07) is 10.4. The number of hydrogen-bond donors (Lipinski definition) is 1. The lowest BCUT2D eigenvalue weighted by Crippen LogP contribution is -2.28. The summed E-state index contributed by atoms with van der Waals surface area (Å²) in [5, 5.41) is 2.23. The van der Waals surface area contributed by atoms with Gasteiger partial charge >= 0.3 is 0 Å². The Morgan fingerprint density at radius 2 is 2.00 bits per heavy atom. The molecule has 19 heavy (non-hydrogen) atoms. The summed E-state index contributed by atoms with van der Waals surface area (Å²) in [5.74, 6) is -0.396. The van der Waals surface area contributed by atoms with E-state index in [0.29, 0.717) is 15.8 Å². The highest BCUT2D eigenvalue weighted by molar-refractivity contribution is 7.71. The highest BCUT2D eigenvalue weighted by Crippen LogP contribution is 2.11. The van der Waals surface area contributed by atoms with E-state index in [1.165, 1.54) is 11.3 Å². The average molecular weight is 288 g/mol. The molecule has 0 atom stereocenters. The van der Waals surface area contributed by atoms with Crippen molar-refractivity contribution in [2.24, 2.45) is 0 Å². The van der Waals surface area contributed by atoms with Crippen LogP contribution >= 0.6 is 23.6 Å². The van der Waals surface area contributed by atoms with Crippen LogP contribution in [0.4, 0.5) is 0 Å². The summed E-state index contributed by atoms with van der Waals surface area (Å²) in [6.07, 6.45) is 0. The van der Waals surface area contributed by atoms with Crippen molar-refractivity contribution in [3.8, 4) is 0 Å². The van der Waals surface area contributed by atoms with E-state index in [1.807, 2.05) is 0 Å². The first-order valence-electron chi connectivity index (χ1n) is 5.51. The van der Waals surface area contributed by atoms with Crippen LogP contribution in [0, 0.1) is 4.77 Å². The van der Waals surface area contributed by atoms with Crippen LogP contribution in [0.2, 0.25) is 0 Å². The molecular formula is C13H8N2O2S2. The van der Waals surface area contributed by atoms with E-state index >= 15 is 0 Å². The number of para-hydroxylation sites is 1. The van der Waals surface area contributed by atoms with Gasteiger partial charge in [0.05, 0.1) is 15.8 Å². The van der Waals surface area contributed by atoms with Gasteiger partial charge in [0, 0.05) is 0 Å². The van der Waals surface area contributed by atoms with Crippen molar-refractivity contribution in [1.29, 1.82) is 0 Å². The molecule has 0 aliphatic carbocycles. The second-order valence-electron chi connectivity index (χ2n) is 3.90. The molecule has 0 unspecified atom stereocenters. The summed E-state index contributed by atoms with van der Waals surface area (Å²) in [4.78, 5) is 28.0. The van der Waals surface area contributed by atoms with Gasteiger partial charge < -0.3 is 4.98 Å². The van der Waals surface area contributed by atoms with Gasteiger partial charge in [-0.1, -0.05) is 18.2 Å². The van der Waals surface area contributed by atoms with Crippen molar-refractivity contribution in [3.05, 3.63) is 61.8 Å². The van der Waals surface area contributed by atoms with Gasteiger partial charge in [-0.05, 0) is 35.8 Å². The lowest BCUT2D eigenvalue weighted by Gasteiger charge is -2.05. The molecule has 6 heteroatoms. The quantitative estimate of drug-likeness (QED) is 0.701. The second-order valence-corrected chi connectivity index (χ2v) is 5.23. The molecule has 0 saturated heterocycles. The van der Waals surface area contributed by atoms with Crippen LogP contribution in [-0.2, 0) is 0 Å². The second kappa shape index (κ2) is 4.56. The molecule has 94 valence electrons. The predicted molar refractivity (Wildman–Crippen MR) is 77.4 cm³/mol. The minimum atomic E-state index is -0.396. The molecule has 2 heterocycles. The Morgan fingerprint density at radius 3 is 2.74 bits per heavy atom. The summed E-state index contributed by atoms with van der Waals surface area (Å²) >= 11 is 6.39. The third-order valence-electron chi connectivity index (χ3n) is 2.74.